The second kappa shape index (κ2) is 8.82. The highest BCUT2D eigenvalue weighted by molar-refractivity contribution is 6.53. The highest BCUT2D eigenvalue weighted by atomic mass is 16.4. The van der Waals surface area contributed by atoms with E-state index in [1.807, 2.05) is 18.2 Å². The summed E-state index contributed by atoms with van der Waals surface area (Å²) in [4.78, 5) is 27.4. The summed E-state index contributed by atoms with van der Waals surface area (Å²) in [6.45, 7) is 0.918. The predicted octanol–water partition coefficient (Wildman–Crippen LogP) is 5.79. The number of carboxylic acids is 1. The molecule has 0 aliphatic carbocycles. The zero-order chi connectivity index (χ0) is 24.6. The molecule has 2 aliphatic heterocycles. The van der Waals surface area contributed by atoms with E-state index >= 15 is 0 Å². The first-order chi connectivity index (χ1) is 17.6. The quantitative estimate of drug-likeness (QED) is 0.381. The summed E-state index contributed by atoms with van der Waals surface area (Å²) in [5, 5.41) is 17.4. The van der Waals surface area contributed by atoms with E-state index in [2.05, 4.69) is 58.5 Å². The number of rotatable bonds is 4. The van der Waals surface area contributed by atoms with Crippen LogP contribution < -0.4 is 9.91 Å². The topological polar surface area (TPSA) is 73.2 Å². The highest BCUT2D eigenvalue weighted by Gasteiger charge is 2.35. The van der Waals surface area contributed by atoms with Crippen LogP contribution in [0.3, 0.4) is 0 Å². The molecule has 0 radical (unpaired) electrons. The summed E-state index contributed by atoms with van der Waals surface area (Å²) < 4.78 is 0. The SMILES string of the molecule is O=C(O)C1=NN(c2ccccc2)C(=O)/C1=C\c1ccc2c(c1)CCCN2c1cccc2ccccc12. The second-order valence-corrected chi connectivity index (χ2v) is 8.91. The van der Waals surface area contributed by atoms with Crippen molar-refractivity contribution in [3.63, 3.8) is 0 Å². The number of nitrogens with zero attached hydrogens (tertiary/aromatic N) is 3. The standard InChI is InChI=1S/C30H23N3O3/c34-29-25(28(30(35)36)31-33(29)23-11-2-1-3-12-23)19-20-15-16-26-22(18-20)10-7-17-32(26)27-14-6-9-21-8-4-5-13-24(21)27/h1-6,8-9,11-16,18-19H,7,10,17H2,(H,35,36)/b25-19-. The number of para-hydroxylation sites is 1. The smallest absolute Gasteiger partial charge is 0.357 e. The molecule has 4 aromatic carbocycles. The highest BCUT2D eigenvalue weighted by Crippen LogP contribution is 2.38. The fraction of sp³-hybridized carbons (Fsp3) is 0.100. The number of hydrogen-bond donors (Lipinski definition) is 1. The number of carboxylic acid groups (broad SMARTS) is 1. The minimum Gasteiger partial charge on any atom is -0.476 e. The minimum absolute atomic E-state index is 0.0769. The van der Waals surface area contributed by atoms with Gasteiger partial charge in [-0.05, 0) is 65.8 Å². The van der Waals surface area contributed by atoms with E-state index in [1.165, 1.54) is 22.0 Å². The van der Waals surface area contributed by atoms with Gasteiger partial charge in [0.25, 0.3) is 5.91 Å². The van der Waals surface area contributed by atoms with Crippen LogP contribution >= 0.6 is 0 Å². The number of amides is 1. The van der Waals surface area contributed by atoms with E-state index in [-0.39, 0.29) is 11.3 Å². The fourth-order valence-corrected chi connectivity index (χ4v) is 5.01. The third kappa shape index (κ3) is 3.73. The van der Waals surface area contributed by atoms with Crippen LogP contribution in [-0.2, 0) is 16.0 Å². The predicted molar refractivity (Wildman–Crippen MR) is 143 cm³/mol. The second-order valence-electron chi connectivity index (χ2n) is 8.91. The molecule has 0 saturated carbocycles. The number of benzene rings is 4. The van der Waals surface area contributed by atoms with E-state index in [4.69, 9.17) is 0 Å². The maximum Gasteiger partial charge on any atom is 0.357 e. The molecular formula is C30H23N3O3. The van der Waals surface area contributed by atoms with Crippen molar-refractivity contribution in [2.24, 2.45) is 5.10 Å². The van der Waals surface area contributed by atoms with Crippen LogP contribution in [0.5, 0.6) is 0 Å². The van der Waals surface area contributed by atoms with Crippen LogP contribution in [0.25, 0.3) is 16.8 Å². The summed E-state index contributed by atoms with van der Waals surface area (Å²) in [7, 11) is 0. The molecule has 1 amide bonds. The van der Waals surface area contributed by atoms with Crippen molar-refractivity contribution in [2.45, 2.75) is 12.8 Å². The largest absolute Gasteiger partial charge is 0.476 e. The monoisotopic (exact) mass is 473 g/mol. The molecule has 6 heteroatoms. The zero-order valence-electron chi connectivity index (χ0n) is 19.5. The molecule has 0 saturated heterocycles. The number of fused-ring (bicyclic) bond motifs is 2. The minimum atomic E-state index is -1.23. The molecule has 0 aromatic heterocycles. The number of anilines is 3. The Morgan fingerprint density at radius 2 is 1.67 bits per heavy atom. The van der Waals surface area contributed by atoms with Gasteiger partial charge in [0.15, 0.2) is 5.71 Å². The van der Waals surface area contributed by atoms with Gasteiger partial charge in [0.2, 0.25) is 0 Å². The summed E-state index contributed by atoms with van der Waals surface area (Å²) in [6.07, 6.45) is 3.55. The first-order valence-corrected chi connectivity index (χ1v) is 11.9. The number of carbonyl (C=O) groups is 2. The van der Waals surface area contributed by atoms with E-state index in [9.17, 15) is 14.7 Å². The third-order valence-electron chi connectivity index (χ3n) is 6.67. The third-order valence-corrected chi connectivity index (χ3v) is 6.67. The van der Waals surface area contributed by atoms with Crippen molar-refractivity contribution >= 4 is 51.5 Å². The van der Waals surface area contributed by atoms with Crippen molar-refractivity contribution in [1.29, 1.82) is 0 Å². The lowest BCUT2D eigenvalue weighted by Gasteiger charge is -2.32. The Bertz CT molecular complexity index is 1570. The molecule has 6 nitrogen and oxygen atoms in total. The molecule has 4 aromatic rings. The molecule has 0 unspecified atom stereocenters. The summed E-state index contributed by atoms with van der Waals surface area (Å²) in [6, 6.07) is 29.6. The van der Waals surface area contributed by atoms with Gasteiger partial charge in [-0.25, -0.2) is 4.79 Å². The molecule has 0 atom stereocenters. The number of hydrazone groups is 1. The average Bonchev–Trinajstić information content (AvgIpc) is 3.24. The Hall–Kier alpha value is -4.71. The number of carbonyl (C=O) groups excluding carboxylic acids is 1. The van der Waals surface area contributed by atoms with Gasteiger partial charge in [0, 0.05) is 23.3 Å². The van der Waals surface area contributed by atoms with Gasteiger partial charge < -0.3 is 10.0 Å². The maximum absolute atomic E-state index is 13.1. The van der Waals surface area contributed by atoms with E-state index in [1.54, 1.807) is 30.3 Å². The molecule has 2 heterocycles. The molecule has 36 heavy (non-hydrogen) atoms. The van der Waals surface area contributed by atoms with E-state index in [0.29, 0.717) is 5.69 Å². The van der Waals surface area contributed by atoms with Crippen LogP contribution in [0.1, 0.15) is 17.5 Å². The summed E-state index contributed by atoms with van der Waals surface area (Å²) in [5.41, 5.74) is 4.61. The number of aliphatic carboxylic acids is 1. The molecule has 6 rings (SSSR count). The first-order valence-electron chi connectivity index (χ1n) is 11.9. The molecule has 0 bridgehead atoms. The van der Waals surface area contributed by atoms with Gasteiger partial charge in [0.1, 0.15) is 0 Å². The Morgan fingerprint density at radius 3 is 2.50 bits per heavy atom. The lowest BCUT2D eigenvalue weighted by atomic mass is 9.96. The van der Waals surface area contributed by atoms with Gasteiger partial charge in [-0.3, -0.25) is 4.79 Å². The summed E-state index contributed by atoms with van der Waals surface area (Å²) >= 11 is 0. The number of hydrogen-bond acceptors (Lipinski definition) is 4. The van der Waals surface area contributed by atoms with E-state index in [0.717, 1.165) is 35.6 Å². The van der Waals surface area contributed by atoms with Gasteiger partial charge in [-0.15, -0.1) is 0 Å². The van der Waals surface area contributed by atoms with E-state index < -0.39 is 11.9 Å². The summed E-state index contributed by atoms with van der Waals surface area (Å²) in [5.74, 6) is -1.68. The van der Waals surface area contributed by atoms with Crippen LogP contribution in [0.15, 0.2) is 102 Å². The fourth-order valence-electron chi connectivity index (χ4n) is 5.01. The maximum atomic E-state index is 13.1. The van der Waals surface area contributed by atoms with Gasteiger partial charge in [-0.1, -0.05) is 60.7 Å². The normalized spacial score (nSPS) is 16.4. The van der Waals surface area contributed by atoms with Crippen molar-refractivity contribution in [2.75, 3.05) is 16.5 Å². The zero-order valence-corrected chi connectivity index (χ0v) is 19.5. The molecule has 176 valence electrons. The lowest BCUT2D eigenvalue weighted by molar-refractivity contribution is -0.129. The molecule has 2 aliphatic rings. The Labute approximate surface area is 208 Å². The first kappa shape index (κ1) is 21.8. The van der Waals surface area contributed by atoms with Crippen LogP contribution in [0.4, 0.5) is 17.1 Å². The van der Waals surface area contributed by atoms with Crippen molar-refractivity contribution in [3.8, 4) is 0 Å². The van der Waals surface area contributed by atoms with Crippen molar-refractivity contribution in [3.05, 3.63) is 108 Å². The Kier molecular flexibility index (Phi) is 5.34. The van der Waals surface area contributed by atoms with Crippen molar-refractivity contribution in [1.82, 2.24) is 0 Å². The van der Waals surface area contributed by atoms with Crippen molar-refractivity contribution < 1.29 is 14.7 Å². The molecule has 1 N–H and O–H groups in total. The van der Waals surface area contributed by atoms with Crippen LogP contribution in [-0.4, -0.2) is 29.2 Å². The van der Waals surface area contributed by atoms with Gasteiger partial charge >= 0.3 is 5.97 Å². The van der Waals surface area contributed by atoms with Gasteiger partial charge in [0.05, 0.1) is 11.3 Å². The number of aryl methyl sites for hydroxylation is 1. The van der Waals surface area contributed by atoms with Gasteiger partial charge in [-0.2, -0.15) is 10.1 Å². The van der Waals surface area contributed by atoms with Crippen LogP contribution in [0.2, 0.25) is 0 Å². The molecular weight excluding hydrogens is 450 g/mol. The average molecular weight is 474 g/mol. The molecule has 0 spiro atoms. The Morgan fingerprint density at radius 1 is 0.889 bits per heavy atom. The molecule has 0 fully saturated rings. The van der Waals surface area contributed by atoms with Crippen LogP contribution in [0, 0.1) is 0 Å². The Balaban J connectivity index is 1.37. The lowest BCUT2D eigenvalue weighted by Crippen LogP contribution is -2.24.